The van der Waals surface area contributed by atoms with Crippen LogP contribution in [0, 0.1) is 0 Å². The van der Waals surface area contributed by atoms with Gasteiger partial charge in [-0.3, -0.25) is 9.59 Å². The Morgan fingerprint density at radius 3 is 2.68 bits per heavy atom. The van der Waals surface area contributed by atoms with E-state index >= 15 is 0 Å². The first-order valence-corrected chi connectivity index (χ1v) is 6.65. The maximum Gasteiger partial charge on any atom is 0.205 e. The lowest BCUT2D eigenvalue weighted by Crippen LogP contribution is -2.13. The Morgan fingerprint density at radius 2 is 2.11 bits per heavy atom. The van der Waals surface area contributed by atoms with Gasteiger partial charge in [0.15, 0.2) is 11.6 Å². The predicted octanol–water partition coefficient (Wildman–Crippen LogP) is 3.29. The van der Waals surface area contributed by atoms with E-state index in [1.165, 1.54) is 6.20 Å². The molecule has 98 valence electrons. The van der Waals surface area contributed by atoms with E-state index in [1.54, 1.807) is 36.0 Å². The molecule has 2 aromatic rings. The van der Waals surface area contributed by atoms with E-state index in [0.29, 0.717) is 10.6 Å². The Kier molecular flexibility index (Phi) is 4.17. The fourth-order valence-corrected chi connectivity index (χ4v) is 2.45. The summed E-state index contributed by atoms with van der Waals surface area (Å²) in [6.07, 6.45) is 2.93. The first kappa shape index (κ1) is 14.0. The van der Waals surface area contributed by atoms with Crippen LogP contribution >= 0.6 is 27.5 Å². The van der Waals surface area contributed by atoms with E-state index in [9.17, 15) is 9.59 Å². The molecule has 0 unspecified atom stereocenters. The second kappa shape index (κ2) is 5.67. The molecule has 0 bridgehead atoms. The molecule has 0 spiro atoms. The van der Waals surface area contributed by atoms with Crippen LogP contribution in [-0.4, -0.2) is 21.1 Å². The highest BCUT2D eigenvalue weighted by Crippen LogP contribution is 2.22. The molecule has 0 saturated heterocycles. The quantitative estimate of drug-likeness (QED) is 0.633. The lowest BCUT2D eigenvalue weighted by molar-refractivity contribution is 0.0887. The number of hydrogen-bond donors (Lipinski definition) is 0. The molecule has 1 heterocycles. The Labute approximate surface area is 123 Å². The average Bonchev–Trinajstić information content (AvgIpc) is 2.75. The highest BCUT2D eigenvalue weighted by Gasteiger charge is 2.18. The summed E-state index contributed by atoms with van der Waals surface area (Å²) in [6, 6.07) is 4.94. The van der Waals surface area contributed by atoms with Gasteiger partial charge in [0.25, 0.3) is 0 Å². The number of Topliss-reactive ketones (excluding diaryl/α,β-unsaturated/α-hetero) is 2. The van der Waals surface area contributed by atoms with Crippen molar-refractivity contribution < 1.29 is 9.59 Å². The molecule has 19 heavy (non-hydrogen) atoms. The molecule has 0 aliphatic carbocycles. The number of carbonyl (C=O) groups is 2. The van der Waals surface area contributed by atoms with Gasteiger partial charge in [0, 0.05) is 29.5 Å². The number of hydrogen-bond acceptors (Lipinski definition) is 3. The highest BCUT2D eigenvalue weighted by molar-refractivity contribution is 9.10. The zero-order valence-corrected chi connectivity index (χ0v) is 12.4. The van der Waals surface area contributed by atoms with Crippen molar-refractivity contribution in [1.82, 2.24) is 9.55 Å². The van der Waals surface area contributed by atoms with Gasteiger partial charge in [0.1, 0.15) is 0 Å². The Balaban J connectivity index is 2.18. The third-order valence-corrected chi connectivity index (χ3v) is 3.43. The number of imidazole rings is 1. The number of aromatic nitrogens is 2. The zero-order chi connectivity index (χ0) is 14.0. The molecule has 1 aromatic heterocycles. The van der Waals surface area contributed by atoms with Gasteiger partial charge in [-0.25, -0.2) is 4.98 Å². The van der Waals surface area contributed by atoms with Crippen molar-refractivity contribution in [3.8, 4) is 0 Å². The summed E-state index contributed by atoms with van der Waals surface area (Å²) in [5, 5.41) is 0.326. The maximum atomic E-state index is 12.0. The summed E-state index contributed by atoms with van der Waals surface area (Å²) in [4.78, 5) is 27.9. The number of benzene rings is 1. The summed E-state index contributed by atoms with van der Waals surface area (Å²) < 4.78 is 2.36. The van der Waals surface area contributed by atoms with Crippen LogP contribution in [0.2, 0.25) is 5.02 Å². The van der Waals surface area contributed by atoms with E-state index < -0.39 is 0 Å². The van der Waals surface area contributed by atoms with E-state index in [1.807, 2.05) is 0 Å². The number of aryl methyl sites for hydroxylation is 1. The monoisotopic (exact) mass is 340 g/mol. The van der Waals surface area contributed by atoms with Crippen molar-refractivity contribution in [2.75, 3.05) is 0 Å². The Morgan fingerprint density at radius 1 is 1.37 bits per heavy atom. The first-order valence-electron chi connectivity index (χ1n) is 5.48. The van der Waals surface area contributed by atoms with Crippen LogP contribution in [0.25, 0.3) is 0 Å². The molecular formula is C13H10BrClN2O2. The molecule has 2 rings (SSSR count). The minimum Gasteiger partial charge on any atom is -0.332 e. The van der Waals surface area contributed by atoms with E-state index in [0.717, 1.165) is 4.47 Å². The number of ketones is 2. The van der Waals surface area contributed by atoms with Crippen molar-refractivity contribution in [3.63, 3.8) is 0 Å². The van der Waals surface area contributed by atoms with Gasteiger partial charge in [-0.2, -0.15) is 0 Å². The molecule has 6 heteroatoms. The summed E-state index contributed by atoms with van der Waals surface area (Å²) >= 11 is 9.24. The second-order valence-corrected chi connectivity index (χ2v) is 5.33. The third kappa shape index (κ3) is 3.11. The molecule has 1 aromatic carbocycles. The van der Waals surface area contributed by atoms with Gasteiger partial charge < -0.3 is 4.57 Å². The number of halogens is 2. The smallest absolute Gasteiger partial charge is 0.205 e. The van der Waals surface area contributed by atoms with E-state index in [2.05, 4.69) is 20.9 Å². The third-order valence-electron chi connectivity index (χ3n) is 2.62. The summed E-state index contributed by atoms with van der Waals surface area (Å²) in [5.74, 6) is -0.372. The van der Waals surface area contributed by atoms with Gasteiger partial charge in [-0.1, -0.05) is 27.5 Å². The fourth-order valence-electron chi connectivity index (χ4n) is 1.67. The molecule has 0 aliphatic rings. The zero-order valence-electron chi connectivity index (χ0n) is 10.1. The van der Waals surface area contributed by atoms with Crippen molar-refractivity contribution in [1.29, 1.82) is 0 Å². The van der Waals surface area contributed by atoms with Crippen LogP contribution in [-0.2, 0) is 7.05 Å². The fraction of sp³-hybridized carbons (Fsp3) is 0.154. The predicted molar refractivity (Wildman–Crippen MR) is 75.6 cm³/mol. The summed E-state index contributed by atoms with van der Waals surface area (Å²) in [7, 11) is 1.71. The number of rotatable bonds is 4. The van der Waals surface area contributed by atoms with Crippen LogP contribution in [0.1, 0.15) is 27.4 Å². The van der Waals surface area contributed by atoms with Gasteiger partial charge in [-0.05, 0) is 18.2 Å². The van der Waals surface area contributed by atoms with Crippen LogP contribution in [0.3, 0.4) is 0 Å². The Hall–Kier alpha value is -1.46. The standard InChI is InChI=1S/C13H10BrClN2O2/c1-17-5-4-16-13(17)12(19)7-11(18)9-3-2-8(14)6-10(9)15/h2-6H,7H2,1H3. The van der Waals surface area contributed by atoms with Crippen molar-refractivity contribution in [2.45, 2.75) is 6.42 Å². The highest BCUT2D eigenvalue weighted by atomic mass is 79.9. The lowest BCUT2D eigenvalue weighted by atomic mass is 10.1. The molecule has 0 N–H and O–H groups in total. The van der Waals surface area contributed by atoms with Crippen molar-refractivity contribution in [2.24, 2.45) is 7.05 Å². The van der Waals surface area contributed by atoms with Crippen LogP contribution < -0.4 is 0 Å². The molecule has 0 radical (unpaired) electrons. The first-order chi connectivity index (χ1) is 8.99. The van der Waals surface area contributed by atoms with E-state index in [4.69, 9.17) is 11.6 Å². The Bertz CT molecular complexity index is 652. The minimum atomic E-state index is -0.323. The maximum absolute atomic E-state index is 12.0. The lowest BCUT2D eigenvalue weighted by Gasteiger charge is -2.04. The van der Waals surface area contributed by atoms with Gasteiger partial charge in [0.05, 0.1) is 11.4 Å². The molecule has 0 fully saturated rings. The minimum absolute atomic E-state index is 0.244. The van der Waals surface area contributed by atoms with Crippen LogP contribution in [0.5, 0.6) is 0 Å². The van der Waals surface area contributed by atoms with Crippen LogP contribution in [0.4, 0.5) is 0 Å². The number of nitrogens with zero attached hydrogens (tertiary/aromatic N) is 2. The molecular weight excluding hydrogens is 332 g/mol. The number of carbonyl (C=O) groups excluding carboxylic acids is 2. The van der Waals surface area contributed by atoms with Gasteiger partial charge >= 0.3 is 0 Å². The van der Waals surface area contributed by atoms with Crippen LogP contribution in [0.15, 0.2) is 35.1 Å². The molecule has 0 aliphatic heterocycles. The van der Waals surface area contributed by atoms with Gasteiger partial charge in [0.2, 0.25) is 5.78 Å². The molecule has 0 atom stereocenters. The second-order valence-electron chi connectivity index (χ2n) is 4.01. The van der Waals surface area contributed by atoms with Gasteiger partial charge in [-0.15, -0.1) is 0 Å². The topological polar surface area (TPSA) is 52.0 Å². The van der Waals surface area contributed by atoms with E-state index in [-0.39, 0.29) is 23.8 Å². The molecule has 4 nitrogen and oxygen atoms in total. The normalized spacial score (nSPS) is 10.5. The summed E-state index contributed by atoms with van der Waals surface area (Å²) in [6.45, 7) is 0. The average molecular weight is 342 g/mol. The molecule has 0 saturated carbocycles. The molecule has 0 amide bonds. The SMILES string of the molecule is Cn1ccnc1C(=O)CC(=O)c1ccc(Br)cc1Cl. The van der Waals surface area contributed by atoms with Crippen molar-refractivity contribution >= 4 is 39.1 Å². The van der Waals surface area contributed by atoms with Crippen molar-refractivity contribution in [3.05, 3.63) is 51.5 Å². The largest absolute Gasteiger partial charge is 0.332 e. The summed E-state index contributed by atoms with van der Waals surface area (Å²) in [5.41, 5.74) is 0.340.